The molecule has 2 unspecified atom stereocenters. The lowest BCUT2D eigenvalue weighted by molar-refractivity contribution is 0.131. The molecule has 0 aromatic heterocycles. The standard InChI is InChI=1S/C20H31N2O6PS/c1-8-19(3,4)22(29(24)25-13-14(2)28-29)30-21(7)18(23)26-16-11-9-10-15-12-20(5,6)27-17(15)16/h9-11,14H,8,12-13H2,1-7H3. The fourth-order valence-corrected chi connectivity index (χ4v) is 6.78. The van der Waals surface area contributed by atoms with Crippen molar-refractivity contribution in [3.63, 3.8) is 0 Å². The first-order chi connectivity index (χ1) is 13.9. The second-order valence-corrected chi connectivity index (χ2v) is 12.0. The smallest absolute Gasteiger partial charge is 0.426 e. The molecule has 0 saturated carbocycles. The third-order valence-corrected chi connectivity index (χ3v) is 9.05. The fraction of sp³-hybridized carbons (Fsp3) is 0.650. The molecular formula is C20H31N2O6PS. The van der Waals surface area contributed by atoms with Crippen molar-refractivity contribution in [1.82, 2.24) is 8.38 Å². The van der Waals surface area contributed by atoms with E-state index in [4.69, 9.17) is 18.5 Å². The van der Waals surface area contributed by atoms with Gasteiger partial charge in [0.25, 0.3) is 0 Å². The number of ether oxygens (including phenoxy) is 2. The van der Waals surface area contributed by atoms with E-state index in [0.717, 1.165) is 24.1 Å². The van der Waals surface area contributed by atoms with E-state index in [1.807, 2.05) is 46.8 Å². The van der Waals surface area contributed by atoms with Gasteiger partial charge in [-0.15, -0.1) is 4.08 Å². The highest BCUT2D eigenvalue weighted by atomic mass is 32.2. The maximum absolute atomic E-state index is 13.3. The Morgan fingerprint density at radius 3 is 2.70 bits per heavy atom. The number of para-hydroxylation sites is 1. The molecule has 2 atom stereocenters. The molecule has 0 N–H and O–H groups in total. The van der Waals surface area contributed by atoms with Crippen LogP contribution in [0, 0.1) is 0 Å². The Bertz CT molecular complexity index is 862. The van der Waals surface area contributed by atoms with Crippen LogP contribution in [0.25, 0.3) is 0 Å². The summed E-state index contributed by atoms with van der Waals surface area (Å²) in [5.74, 6) is 0.953. The normalized spacial score (nSPS) is 25.1. The zero-order valence-corrected chi connectivity index (χ0v) is 20.3. The molecule has 8 nitrogen and oxygen atoms in total. The fourth-order valence-electron chi connectivity index (χ4n) is 3.18. The third-order valence-electron chi connectivity index (χ3n) is 5.10. The molecule has 0 aliphatic carbocycles. The minimum atomic E-state index is -3.56. The van der Waals surface area contributed by atoms with Crippen molar-refractivity contribution in [2.45, 2.75) is 71.6 Å². The van der Waals surface area contributed by atoms with Gasteiger partial charge in [0.2, 0.25) is 0 Å². The van der Waals surface area contributed by atoms with Gasteiger partial charge in [-0.25, -0.2) is 13.7 Å². The monoisotopic (exact) mass is 458 g/mol. The SMILES string of the molecule is CCC(C)(C)N(SN(C)C(=O)Oc1cccc2c1OC(C)(C)C2)P1(=O)OCC(C)O1. The lowest BCUT2D eigenvalue weighted by Gasteiger charge is -2.39. The van der Waals surface area contributed by atoms with Crippen LogP contribution in [0.3, 0.4) is 0 Å². The summed E-state index contributed by atoms with van der Waals surface area (Å²) in [6, 6.07) is 5.51. The molecule has 1 saturated heterocycles. The first-order valence-corrected chi connectivity index (χ1v) is 12.3. The van der Waals surface area contributed by atoms with Crippen LogP contribution in [0.5, 0.6) is 11.5 Å². The summed E-state index contributed by atoms with van der Waals surface area (Å²) in [5.41, 5.74) is 0.0983. The van der Waals surface area contributed by atoms with Crippen LogP contribution in [0.1, 0.15) is 53.5 Å². The Morgan fingerprint density at radius 2 is 2.10 bits per heavy atom. The summed E-state index contributed by atoms with van der Waals surface area (Å²) in [6.07, 6.45) is 0.518. The number of nitrogens with zero attached hydrogens (tertiary/aromatic N) is 2. The van der Waals surface area contributed by atoms with Gasteiger partial charge in [0.15, 0.2) is 11.5 Å². The predicted molar refractivity (Wildman–Crippen MR) is 117 cm³/mol. The van der Waals surface area contributed by atoms with Gasteiger partial charge < -0.3 is 9.47 Å². The first-order valence-electron chi connectivity index (χ1n) is 10.0. The summed E-state index contributed by atoms with van der Waals surface area (Å²) < 4.78 is 38.9. The Balaban J connectivity index is 1.76. The van der Waals surface area contributed by atoms with Gasteiger partial charge in [-0.2, -0.15) is 0 Å². The van der Waals surface area contributed by atoms with Crippen molar-refractivity contribution in [2.75, 3.05) is 13.7 Å². The van der Waals surface area contributed by atoms with Gasteiger partial charge >= 0.3 is 13.8 Å². The topological polar surface area (TPSA) is 77.5 Å². The lowest BCUT2D eigenvalue weighted by atomic mass is 10.0. The Morgan fingerprint density at radius 1 is 1.40 bits per heavy atom. The molecule has 3 rings (SSSR count). The van der Waals surface area contributed by atoms with Crippen molar-refractivity contribution in [2.24, 2.45) is 0 Å². The van der Waals surface area contributed by atoms with E-state index in [1.54, 1.807) is 24.1 Å². The summed E-state index contributed by atoms with van der Waals surface area (Å²) in [4.78, 5) is 12.8. The summed E-state index contributed by atoms with van der Waals surface area (Å²) in [6.45, 7) is 11.9. The summed E-state index contributed by atoms with van der Waals surface area (Å²) in [5, 5.41) is 0. The van der Waals surface area contributed by atoms with Crippen molar-refractivity contribution in [3.8, 4) is 11.5 Å². The average molecular weight is 459 g/mol. The minimum Gasteiger partial charge on any atom is -0.483 e. The second kappa shape index (κ2) is 8.36. The van der Waals surface area contributed by atoms with Crippen LogP contribution in [0.15, 0.2) is 18.2 Å². The molecule has 1 amide bonds. The molecule has 168 valence electrons. The molecule has 1 aromatic carbocycles. The molecule has 2 heterocycles. The van der Waals surface area contributed by atoms with Gasteiger partial charge in [0, 0.05) is 24.6 Å². The minimum absolute atomic E-state index is 0.242. The third kappa shape index (κ3) is 4.81. The molecule has 0 bridgehead atoms. The van der Waals surface area contributed by atoms with E-state index in [2.05, 4.69) is 0 Å². The number of benzene rings is 1. The van der Waals surface area contributed by atoms with E-state index >= 15 is 0 Å². The number of fused-ring (bicyclic) bond motifs is 1. The summed E-state index contributed by atoms with van der Waals surface area (Å²) in [7, 11) is -2.00. The Kier molecular flexibility index (Phi) is 6.52. The molecule has 2 aliphatic rings. The maximum Gasteiger partial charge on any atom is 0.426 e. The van der Waals surface area contributed by atoms with E-state index in [-0.39, 0.29) is 18.3 Å². The highest BCUT2D eigenvalue weighted by molar-refractivity contribution is 7.99. The highest BCUT2D eigenvalue weighted by Crippen LogP contribution is 2.63. The van der Waals surface area contributed by atoms with Gasteiger partial charge in [-0.05, 0) is 47.1 Å². The van der Waals surface area contributed by atoms with Crippen LogP contribution in [0.4, 0.5) is 4.79 Å². The average Bonchev–Trinajstić information content (AvgIpc) is 3.17. The zero-order chi connectivity index (χ0) is 22.3. The summed E-state index contributed by atoms with van der Waals surface area (Å²) >= 11 is 0.973. The van der Waals surface area contributed by atoms with Crippen molar-refractivity contribution < 1.29 is 27.9 Å². The first kappa shape index (κ1) is 23.4. The van der Waals surface area contributed by atoms with Crippen molar-refractivity contribution >= 4 is 26.0 Å². The van der Waals surface area contributed by atoms with Crippen LogP contribution in [0.2, 0.25) is 0 Å². The van der Waals surface area contributed by atoms with Crippen molar-refractivity contribution in [1.29, 1.82) is 0 Å². The second-order valence-electron chi connectivity index (χ2n) is 8.85. The molecule has 30 heavy (non-hydrogen) atoms. The quantitative estimate of drug-likeness (QED) is 0.413. The molecular weight excluding hydrogens is 427 g/mol. The molecule has 0 radical (unpaired) electrons. The van der Waals surface area contributed by atoms with E-state index in [0.29, 0.717) is 17.9 Å². The molecule has 1 aromatic rings. The van der Waals surface area contributed by atoms with Crippen LogP contribution < -0.4 is 9.47 Å². The van der Waals surface area contributed by atoms with E-state index in [1.165, 1.54) is 4.31 Å². The Labute approximate surface area is 183 Å². The zero-order valence-electron chi connectivity index (χ0n) is 18.6. The lowest BCUT2D eigenvalue weighted by Crippen LogP contribution is -2.40. The van der Waals surface area contributed by atoms with Gasteiger partial charge in [0.05, 0.1) is 24.8 Å². The molecule has 2 aliphatic heterocycles. The maximum atomic E-state index is 13.3. The van der Waals surface area contributed by atoms with Gasteiger partial charge in [0.1, 0.15) is 5.60 Å². The molecule has 0 spiro atoms. The van der Waals surface area contributed by atoms with Crippen LogP contribution >= 0.6 is 19.9 Å². The van der Waals surface area contributed by atoms with E-state index < -0.39 is 19.4 Å². The number of hydrogen-bond acceptors (Lipinski definition) is 7. The molecule has 10 heteroatoms. The predicted octanol–water partition coefficient (Wildman–Crippen LogP) is 5.43. The van der Waals surface area contributed by atoms with Gasteiger partial charge in [-0.1, -0.05) is 19.1 Å². The number of rotatable bonds is 6. The largest absolute Gasteiger partial charge is 0.483 e. The van der Waals surface area contributed by atoms with E-state index in [9.17, 15) is 9.36 Å². The number of amides is 1. The number of hydrogen-bond donors (Lipinski definition) is 0. The highest BCUT2D eigenvalue weighted by Gasteiger charge is 2.49. The van der Waals surface area contributed by atoms with Gasteiger partial charge in [-0.3, -0.25) is 9.05 Å². The number of carbonyl (C=O) groups is 1. The molecule has 1 fully saturated rings. The van der Waals surface area contributed by atoms with Crippen molar-refractivity contribution in [3.05, 3.63) is 23.8 Å². The van der Waals surface area contributed by atoms with Crippen LogP contribution in [-0.4, -0.2) is 45.4 Å². The Hall–Kier alpha value is -1.25. The number of carbonyl (C=O) groups excluding carboxylic acids is 1. The van der Waals surface area contributed by atoms with Crippen LogP contribution in [-0.2, 0) is 20.0 Å².